The number of ether oxygens (including phenoxy) is 1. The van der Waals surface area contributed by atoms with Crippen LogP contribution in [0.1, 0.15) is 10.4 Å². The third-order valence-electron chi connectivity index (χ3n) is 4.84. The summed E-state index contributed by atoms with van der Waals surface area (Å²) < 4.78 is 6.89. The summed E-state index contributed by atoms with van der Waals surface area (Å²) in [6.45, 7) is -0.471. The minimum Gasteiger partial charge on any atom is -0.452 e. The Labute approximate surface area is 190 Å². The Morgan fingerprint density at radius 2 is 1.85 bits per heavy atom. The Bertz CT molecular complexity index is 1500. The summed E-state index contributed by atoms with van der Waals surface area (Å²) in [4.78, 5) is 42.6. The van der Waals surface area contributed by atoms with E-state index in [9.17, 15) is 14.4 Å². The molecule has 3 heterocycles. The van der Waals surface area contributed by atoms with E-state index >= 15 is 0 Å². The number of fused-ring (bicyclic) bond motifs is 1. The van der Waals surface area contributed by atoms with Crippen molar-refractivity contribution in [3.05, 3.63) is 88.3 Å². The molecule has 0 fully saturated rings. The normalized spacial score (nSPS) is 10.9. The number of amides is 1. The van der Waals surface area contributed by atoms with Crippen molar-refractivity contribution in [2.75, 3.05) is 11.9 Å². The molecule has 0 aliphatic heterocycles. The van der Waals surface area contributed by atoms with Gasteiger partial charge in [-0.05, 0) is 41.8 Å². The molecule has 0 aliphatic rings. The summed E-state index contributed by atoms with van der Waals surface area (Å²) >= 11 is 1.45. The summed E-state index contributed by atoms with van der Waals surface area (Å²) in [5.74, 6) is -1.16. The molecule has 0 atom stereocenters. The Morgan fingerprint density at radius 3 is 2.64 bits per heavy atom. The molecule has 0 saturated heterocycles. The first-order chi connectivity index (χ1) is 16.1. The lowest BCUT2D eigenvalue weighted by Gasteiger charge is -2.06. The highest BCUT2D eigenvalue weighted by atomic mass is 32.1. The highest BCUT2D eigenvalue weighted by Crippen LogP contribution is 2.28. The van der Waals surface area contributed by atoms with Crippen LogP contribution in [-0.2, 0) is 9.53 Å². The number of anilines is 1. The van der Waals surface area contributed by atoms with Crippen LogP contribution < -0.4 is 11.0 Å². The fraction of sp³-hybridized carbons (Fsp3) is 0.0435. The second-order valence-electron chi connectivity index (χ2n) is 7.11. The minimum absolute atomic E-state index is 0.264. The van der Waals surface area contributed by atoms with E-state index in [2.05, 4.69) is 20.4 Å². The predicted molar refractivity (Wildman–Crippen MR) is 125 cm³/mol. The molecule has 5 rings (SSSR count). The topological polar surface area (TPSA) is 122 Å². The molecule has 0 aliphatic carbocycles. The van der Waals surface area contributed by atoms with Crippen LogP contribution in [0.15, 0.2) is 77.0 Å². The van der Waals surface area contributed by atoms with E-state index < -0.39 is 18.5 Å². The molecule has 0 radical (unpaired) electrons. The van der Waals surface area contributed by atoms with E-state index in [-0.39, 0.29) is 11.3 Å². The third kappa shape index (κ3) is 4.32. The standard InChI is InChI=1S/C23H17N5O4S/c29-20(24-14-8-9-17-18(11-14)26-23(31)25-17)13-32-22(30)16-12-28(15-5-2-1-3-6-15)27-21(16)19-7-4-10-33-19/h1-12H,13H2,(H,24,29)(H2,25,26,31). The molecule has 5 aromatic rings. The van der Waals surface area contributed by atoms with Gasteiger partial charge in [-0.25, -0.2) is 14.3 Å². The molecule has 2 aromatic carbocycles. The zero-order valence-corrected chi connectivity index (χ0v) is 17.9. The second kappa shape index (κ2) is 8.60. The lowest BCUT2D eigenvalue weighted by atomic mass is 10.2. The van der Waals surface area contributed by atoms with Crippen LogP contribution in [-0.4, -0.2) is 38.2 Å². The van der Waals surface area contributed by atoms with Gasteiger partial charge in [0.05, 0.1) is 21.6 Å². The van der Waals surface area contributed by atoms with Crippen LogP contribution in [0.4, 0.5) is 5.69 Å². The lowest BCUT2D eigenvalue weighted by Crippen LogP contribution is -2.21. The van der Waals surface area contributed by atoms with Gasteiger partial charge in [0.15, 0.2) is 6.61 Å². The molecular formula is C23H17N5O4S. The van der Waals surface area contributed by atoms with E-state index in [1.807, 2.05) is 47.8 Å². The maximum absolute atomic E-state index is 12.8. The summed E-state index contributed by atoms with van der Waals surface area (Å²) in [7, 11) is 0. The number of aromatic nitrogens is 4. The van der Waals surface area contributed by atoms with Gasteiger partial charge in [0, 0.05) is 11.9 Å². The van der Waals surface area contributed by atoms with Crippen LogP contribution >= 0.6 is 11.3 Å². The minimum atomic E-state index is -0.652. The smallest absolute Gasteiger partial charge is 0.342 e. The predicted octanol–water partition coefficient (Wildman–Crippen LogP) is 3.57. The molecule has 10 heteroatoms. The average Bonchev–Trinajstić information content (AvgIpc) is 3.56. The first-order valence-electron chi connectivity index (χ1n) is 9.95. The van der Waals surface area contributed by atoms with Gasteiger partial charge in [0.1, 0.15) is 11.3 Å². The van der Waals surface area contributed by atoms with Crippen LogP contribution in [0.3, 0.4) is 0 Å². The van der Waals surface area contributed by atoms with Crippen LogP contribution in [0, 0.1) is 0 Å². The Hall–Kier alpha value is -4.44. The third-order valence-corrected chi connectivity index (χ3v) is 5.72. The number of hydrogen-bond donors (Lipinski definition) is 3. The number of carbonyl (C=O) groups is 2. The second-order valence-corrected chi connectivity index (χ2v) is 8.06. The number of aromatic amines is 2. The van der Waals surface area contributed by atoms with Gasteiger partial charge in [0.2, 0.25) is 0 Å². The molecule has 3 N–H and O–H groups in total. The quantitative estimate of drug-likeness (QED) is 0.335. The van der Waals surface area contributed by atoms with E-state index in [1.54, 1.807) is 29.1 Å². The molecular weight excluding hydrogens is 442 g/mol. The van der Waals surface area contributed by atoms with E-state index in [0.717, 1.165) is 10.6 Å². The van der Waals surface area contributed by atoms with Crippen LogP contribution in [0.25, 0.3) is 27.3 Å². The van der Waals surface area contributed by atoms with E-state index in [1.165, 1.54) is 11.3 Å². The van der Waals surface area contributed by atoms with Crippen LogP contribution in [0.2, 0.25) is 0 Å². The Kier molecular flexibility index (Phi) is 5.33. The van der Waals surface area contributed by atoms with Crippen molar-refractivity contribution in [3.8, 4) is 16.3 Å². The number of rotatable bonds is 6. The summed E-state index contributed by atoms with van der Waals surface area (Å²) in [5.41, 5.74) is 2.87. The van der Waals surface area contributed by atoms with Gasteiger partial charge in [-0.1, -0.05) is 24.3 Å². The number of imidazole rings is 1. The van der Waals surface area contributed by atoms with Crippen molar-refractivity contribution in [1.82, 2.24) is 19.7 Å². The molecule has 3 aromatic heterocycles. The van der Waals surface area contributed by atoms with Gasteiger partial charge in [0.25, 0.3) is 5.91 Å². The summed E-state index contributed by atoms with van der Waals surface area (Å²) in [6, 6.07) is 18.1. The molecule has 0 unspecified atom stereocenters. The van der Waals surface area contributed by atoms with Crippen molar-refractivity contribution in [2.24, 2.45) is 0 Å². The molecule has 0 bridgehead atoms. The number of H-pyrrole nitrogens is 2. The van der Waals surface area contributed by atoms with Gasteiger partial charge < -0.3 is 20.0 Å². The number of carbonyl (C=O) groups excluding carboxylic acids is 2. The van der Waals surface area contributed by atoms with Crippen molar-refractivity contribution in [1.29, 1.82) is 0 Å². The maximum atomic E-state index is 12.8. The van der Waals surface area contributed by atoms with E-state index in [4.69, 9.17) is 4.74 Å². The van der Waals surface area contributed by atoms with Gasteiger partial charge >= 0.3 is 11.7 Å². The highest BCUT2D eigenvalue weighted by Gasteiger charge is 2.21. The van der Waals surface area contributed by atoms with Crippen molar-refractivity contribution >= 4 is 39.9 Å². The number of nitrogens with one attached hydrogen (secondary N) is 3. The number of thiophene rings is 1. The molecule has 0 spiro atoms. The molecule has 164 valence electrons. The largest absolute Gasteiger partial charge is 0.452 e. The summed E-state index contributed by atoms with van der Waals surface area (Å²) in [5, 5.41) is 9.11. The van der Waals surface area contributed by atoms with Crippen LogP contribution in [0.5, 0.6) is 0 Å². The first-order valence-corrected chi connectivity index (χ1v) is 10.8. The molecule has 1 amide bonds. The zero-order chi connectivity index (χ0) is 22.8. The van der Waals surface area contributed by atoms with Gasteiger partial charge in [-0.2, -0.15) is 5.10 Å². The fourth-order valence-electron chi connectivity index (χ4n) is 3.35. The van der Waals surface area contributed by atoms with Gasteiger partial charge in [-0.15, -0.1) is 11.3 Å². The number of hydrogen-bond acceptors (Lipinski definition) is 6. The molecule has 33 heavy (non-hydrogen) atoms. The zero-order valence-electron chi connectivity index (χ0n) is 17.1. The lowest BCUT2D eigenvalue weighted by molar-refractivity contribution is -0.119. The van der Waals surface area contributed by atoms with Crippen molar-refractivity contribution in [3.63, 3.8) is 0 Å². The SMILES string of the molecule is O=C(COC(=O)c1cn(-c2ccccc2)nc1-c1cccs1)Nc1ccc2[nH]c(=O)[nH]c2c1. The fourth-order valence-corrected chi connectivity index (χ4v) is 4.07. The number of benzene rings is 2. The highest BCUT2D eigenvalue weighted by molar-refractivity contribution is 7.13. The number of esters is 1. The van der Waals surface area contributed by atoms with E-state index in [0.29, 0.717) is 22.4 Å². The molecule has 0 saturated carbocycles. The monoisotopic (exact) mass is 459 g/mol. The Balaban J connectivity index is 1.32. The first kappa shape index (κ1) is 20.5. The molecule has 9 nitrogen and oxygen atoms in total. The number of nitrogens with zero attached hydrogens (tertiary/aromatic N) is 2. The maximum Gasteiger partial charge on any atom is 0.342 e. The van der Waals surface area contributed by atoms with Crippen molar-refractivity contribution < 1.29 is 14.3 Å². The Morgan fingerprint density at radius 1 is 1.03 bits per heavy atom. The van der Waals surface area contributed by atoms with Gasteiger partial charge in [-0.3, -0.25) is 4.79 Å². The number of para-hydroxylation sites is 1. The summed E-state index contributed by atoms with van der Waals surface area (Å²) in [6.07, 6.45) is 1.60. The van der Waals surface area contributed by atoms with Crippen molar-refractivity contribution in [2.45, 2.75) is 0 Å². The average molecular weight is 459 g/mol.